The molecule has 1 aliphatic rings. The Bertz CT molecular complexity index is 908. The van der Waals surface area contributed by atoms with Gasteiger partial charge in [-0.1, -0.05) is 31.2 Å². The van der Waals surface area contributed by atoms with E-state index in [9.17, 15) is 4.79 Å². The van der Waals surface area contributed by atoms with Crippen LogP contribution in [0.2, 0.25) is 0 Å². The lowest BCUT2D eigenvalue weighted by molar-refractivity contribution is -0.113. The number of nitrogens with zero attached hydrogens (tertiary/aromatic N) is 1. The molecule has 5 nitrogen and oxygen atoms in total. The number of benzene rings is 2. The molecule has 1 heterocycles. The van der Waals surface area contributed by atoms with E-state index in [2.05, 4.69) is 12.2 Å². The van der Waals surface area contributed by atoms with Crippen molar-refractivity contribution in [3.05, 3.63) is 59.3 Å². The van der Waals surface area contributed by atoms with Crippen LogP contribution < -0.4 is 19.7 Å². The van der Waals surface area contributed by atoms with Crippen molar-refractivity contribution >= 4 is 35.0 Å². The first kappa shape index (κ1) is 18.9. The number of aryl methyl sites for hydroxylation is 1. The summed E-state index contributed by atoms with van der Waals surface area (Å²) < 4.78 is 10.9. The molecule has 0 bridgehead atoms. The van der Waals surface area contributed by atoms with Gasteiger partial charge in [-0.3, -0.25) is 9.69 Å². The minimum Gasteiger partial charge on any atom is -0.493 e. The molecule has 1 aliphatic heterocycles. The third-order valence-corrected chi connectivity index (χ3v) is 4.57. The van der Waals surface area contributed by atoms with Crippen LogP contribution in [-0.2, 0) is 11.2 Å². The van der Waals surface area contributed by atoms with Crippen molar-refractivity contribution in [3.8, 4) is 11.5 Å². The summed E-state index contributed by atoms with van der Waals surface area (Å²) in [6.45, 7) is 4.49. The molecule has 2 aromatic rings. The van der Waals surface area contributed by atoms with Gasteiger partial charge in [0.2, 0.25) is 0 Å². The van der Waals surface area contributed by atoms with E-state index in [4.69, 9.17) is 21.7 Å². The Morgan fingerprint density at radius 1 is 1.15 bits per heavy atom. The van der Waals surface area contributed by atoms with Crippen LogP contribution in [0.1, 0.15) is 25.0 Å². The van der Waals surface area contributed by atoms with Crippen molar-refractivity contribution in [2.24, 2.45) is 0 Å². The highest BCUT2D eigenvalue weighted by Gasteiger charge is 2.32. The predicted molar refractivity (Wildman–Crippen MR) is 111 cm³/mol. The average Bonchev–Trinajstić information content (AvgIpc) is 2.95. The Balaban J connectivity index is 1.94. The molecule has 0 radical (unpaired) electrons. The van der Waals surface area contributed by atoms with Crippen LogP contribution in [0.25, 0.3) is 6.08 Å². The van der Waals surface area contributed by atoms with E-state index >= 15 is 0 Å². The summed E-state index contributed by atoms with van der Waals surface area (Å²) in [4.78, 5) is 14.5. The number of hydrogen-bond acceptors (Lipinski definition) is 4. The standard InChI is InChI=1S/C21H22N2O3S/c1-4-15-8-6-7-9-17(15)23-20(24)16(22-21(23)27)12-14-10-11-18(25-3)19(13-14)26-5-2/h6-13H,4-5H2,1-3H3,(H,22,27)/b16-12-. The molecule has 1 N–H and O–H groups in total. The van der Waals surface area contributed by atoms with Crippen molar-refractivity contribution < 1.29 is 14.3 Å². The topological polar surface area (TPSA) is 50.8 Å². The monoisotopic (exact) mass is 382 g/mol. The molecular formula is C21H22N2O3S. The summed E-state index contributed by atoms with van der Waals surface area (Å²) in [5.74, 6) is 1.11. The number of hydrogen-bond donors (Lipinski definition) is 1. The molecule has 1 fully saturated rings. The summed E-state index contributed by atoms with van der Waals surface area (Å²) in [6, 6.07) is 13.3. The summed E-state index contributed by atoms with van der Waals surface area (Å²) in [7, 11) is 1.60. The van der Waals surface area contributed by atoms with Gasteiger partial charge in [0.05, 0.1) is 19.4 Å². The van der Waals surface area contributed by atoms with E-state index in [-0.39, 0.29) is 5.91 Å². The second-order valence-corrected chi connectivity index (χ2v) is 6.34. The van der Waals surface area contributed by atoms with Gasteiger partial charge in [-0.15, -0.1) is 0 Å². The molecule has 0 saturated carbocycles. The maximum Gasteiger partial charge on any atom is 0.281 e. The maximum absolute atomic E-state index is 13.0. The molecule has 0 aliphatic carbocycles. The molecule has 140 valence electrons. The SMILES string of the molecule is CCOc1cc(/C=C2\NC(=S)N(c3ccccc3CC)C2=O)ccc1OC. The van der Waals surface area contributed by atoms with Crippen molar-refractivity contribution in [1.29, 1.82) is 0 Å². The Labute approximate surface area is 164 Å². The normalized spacial score (nSPS) is 15.2. The van der Waals surface area contributed by atoms with Crippen LogP contribution in [-0.4, -0.2) is 24.7 Å². The first-order valence-electron chi connectivity index (χ1n) is 8.84. The minimum atomic E-state index is -0.172. The molecule has 0 atom stereocenters. The number of amides is 1. The molecule has 3 rings (SSSR count). The molecule has 1 amide bonds. The number of ether oxygens (including phenoxy) is 2. The van der Waals surface area contributed by atoms with Gasteiger partial charge >= 0.3 is 0 Å². The highest BCUT2D eigenvalue weighted by molar-refractivity contribution is 7.80. The van der Waals surface area contributed by atoms with Crippen LogP contribution >= 0.6 is 12.2 Å². The van der Waals surface area contributed by atoms with Crippen molar-refractivity contribution in [3.63, 3.8) is 0 Å². The summed E-state index contributed by atoms with van der Waals surface area (Å²) in [5.41, 5.74) is 3.14. The van der Waals surface area contributed by atoms with Crippen LogP contribution in [0.5, 0.6) is 11.5 Å². The van der Waals surface area contributed by atoms with Gasteiger partial charge in [0.15, 0.2) is 16.6 Å². The predicted octanol–water partition coefficient (Wildman–Crippen LogP) is 3.92. The van der Waals surface area contributed by atoms with Crippen molar-refractivity contribution in [2.45, 2.75) is 20.3 Å². The van der Waals surface area contributed by atoms with Gasteiger partial charge in [0.25, 0.3) is 5.91 Å². The van der Waals surface area contributed by atoms with Crippen LogP contribution in [0.15, 0.2) is 48.2 Å². The number of methoxy groups -OCH3 is 1. The van der Waals surface area contributed by atoms with E-state index in [1.54, 1.807) is 18.1 Å². The molecule has 1 saturated heterocycles. The van der Waals surface area contributed by atoms with Gasteiger partial charge < -0.3 is 14.8 Å². The van der Waals surface area contributed by atoms with E-state index in [0.29, 0.717) is 28.9 Å². The lowest BCUT2D eigenvalue weighted by Crippen LogP contribution is -2.31. The third-order valence-electron chi connectivity index (χ3n) is 4.29. The summed E-state index contributed by atoms with van der Waals surface area (Å²) in [6.07, 6.45) is 2.59. The zero-order chi connectivity index (χ0) is 19.4. The van der Waals surface area contributed by atoms with E-state index in [1.165, 1.54) is 0 Å². The lowest BCUT2D eigenvalue weighted by Gasteiger charge is -2.17. The summed E-state index contributed by atoms with van der Waals surface area (Å²) >= 11 is 5.42. The Hall–Kier alpha value is -2.86. The molecular weight excluding hydrogens is 360 g/mol. The first-order chi connectivity index (χ1) is 13.1. The zero-order valence-corrected chi connectivity index (χ0v) is 16.4. The number of thiocarbonyl (C=S) groups is 1. The number of carbonyl (C=O) groups excluding carboxylic acids is 1. The van der Waals surface area contributed by atoms with Gasteiger partial charge in [-0.2, -0.15) is 0 Å². The fourth-order valence-electron chi connectivity index (χ4n) is 3.00. The first-order valence-corrected chi connectivity index (χ1v) is 9.25. The Morgan fingerprint density at radius 2 is 1.93 bits per heavy atom. The highest BCUT2D eigenvalue weighted by Crippen LogP contribution is 2.30. The fourth-order valence-corrected chi connectivity index (χ4v) is 3.29. The zero-order valence-electron chi connectivity index (χ0n) is 15.6. The summed E-state index contributed by atoms with van der Waals surface area (Å²) in [5, 5.41) is 3.41. The van der Waals surface area contributed by atoms with E-state index in [1.807, 2.05) is 49.4 Å². The van der Waals surface area contributed by atoms with Gasteiger partial charge in [0.1, 0.15) is 5.70 Å². The Kier molecular flexibility index (Phi) is 5.76. The molecule has 2 aromatic carbocycles. The quantitative estimate of drug-likeness (QED) is 0.606. The van der Waals surface area contributed by atoms with Gasteiger partial charge in [0, 0.05) is 0 Å². The average molecular weight is 382 g/mol. The largest absolute Gasteiger partial charge is 0.493 e. The Morgan fingerprint density at radius 3 is 2.63 bits per heavy atom. The van der Waals surface area contributed by atoms with Gasteiger partial charge in [-0.05, 0) is 61.0 Å². The molecule has 6 heteroatoms. The van der Waals surface area contributed by atoms with Crippen LogP contribution in [0.4, 0.5) is 5.69 Å². The number of carbonyl (C=O) groups is 1. The van der Waals surface area contributed by atoms with Crippen molar-refractivity contribution in [1.82, 2.24) is 5.32 Å². The smallest absolute Gasteiger partial charge is 0.281 e. The van der Waals surface area contributed by atoms with Crippen molar-refractivity contribution in [2.75, 3.05) is 18.6 Å². The van der Waals surface area contributed by atoms with Crippen LogP contribution in [0.3, 0.4) is 0 Å². The molecule has 27 heavy (non-hydrogen) atoms. The third kappa shape index (κ3) is 3.80. The number of rotatable bonds is 6. The van der Waals surface area contributed by atoms with E-state index in [0.717, 1.165) is 23.2 Å². The second-order valence-electron chi connectivity index (χ2n) is 5.95. The lowest BCUT2D eigenvalue weighted by atomic mass is 10.1. The number of para-hydroxylation sites is 1. The van der Waals surface area contributed by atoms with Gasteiger partial charge in [-0.25, -0.2) is 0 Å². The number of nitrogens with one attached hydrogen (secondary N) is 1. The number of anilines is 1. The fraction of sp³-hybridized carbons (Fsp3) is 0.238. The second kappa shape index (κ2) is 8.22. The molecule has 0 spiro atoms. The van der Waals surface area contributed by atoms with Crippen LogP contribution in [0, 0.1) is 0 Å². The van der Waals surface area contributed by atoms with E-state index < -0.39 is 0 Å². The molecule has 0 unspecified atom stereocenters. The minimum absolute atomic E-state index is 0.172. The maximum atomic E-state index is 13.0. The highest BCUT2D eigenvalue weighted by atomic mass is 32.1. The molecule has 0 aromatic heterocycles.